The average molecular weight is 358 g/mol. The van der Waals surface area contributed by atoms with Gasteiger partial charge in [0.15, 0.2) is 0 Å². The average Bonchev–Trinajstić information content (AvgIpc) is 3.15. The Balaban J connectivity index is 1.48. The van der Waals surface area contributed by atoms with E-state index in [2.05, 4.69) is 20.3 Å². The van der Waals surface area contributed by atoms with Gasteiger partial charge in [-0.3, -0.25) is 0 Å². The molecular formula is C23H33O3. The highest BCUT2D eigenvalue weighted by atomic mass is 16.5. The zero-order valence-corrected chi connectivity index (χ0v) is 16.3. The van der Waals surface area contributed by atoms with Gasteiger partial charge in [0.25, 0.3) is 0 Å². The molecule has 0 bridgehead atoms. The second-order valence-corrected chi connectivity index (χ2v) is 10.4. The largest absolute Gasteiger partial charge is 0.458 e. The van der Waals surface area contributed by atoms with Gasteiger partial charge < -0.3 is 9.84 Å². The van der Waals surface area contributed by atoms with E-state index in [1.807, 2.05) is 0 Å². The third-order valence-corrected chi connectivity index (χ3v) is 9.72. The minimum absolute atomic E-state index is 0.0992. The molecule has 1 heterocycles. The van der Waals surface area contributed by atoms with Crippen molar-refractivity contribution in [1.82, 2.24) is 0 Å². The van der Waals surface area contributed by atoms with Gasteiger partial charge in [-0.1, -0.05) is 13.8 Å². The number of rotatable bonds is 1. The molecule has 5 rings (SSSR count). The SMILES string of the molecule is C[C@]12CC[CH]C[C@@H]1CC[C@@H]1[C@@H]2CC[C@]2(C)[C@@H](C3=CC(=O)OC3)CC[C@]12O. The van der Waals surface area contributed by atoms with E-state index in [0.717, 1.165) is 30.8 Å². The fourth-order valence-corrected chi connectivity index (χ4v) is 8.20. The second-order valence-electron chi connectivity index (χ2n) is 10.4. The summed E-state index contributed by atoms with van der Waals surface area (Å²) in [7, 11) is 0. The zero-order valence-electron chi connectivity index (χ0n) is 16.3. The van der Waals surface area contributed by atoms with Crippen LogP contribution in [0, 0.1) is 40.9 Å². The molecule has 4 aliphatic carbocycles. The van der Waals surface area contributed by atoms with Crippen LogP contribution in [0.1, 0.15) is 71.6 Å². The van der Waals surface area contributed by atoms with Crippen LogP contribution in [-0.4, -0.2) is 23.3 Å². The summed E-state index contributed by atoms with van der Waals surface area (Å²) >= 11 is 0. The Morgan fingerprint density at radius 2 is 1.92 bits per heavy atom. The molecule has 5 aliphatic rings. The number of ether oxygens (including phenoxy) is 1. The van der Waals surface area contributed by atoms with Gasteiger partial charge in [0.1, 0.15) is 6.61 Å². The molecule has 0 aromatic heterocycles. The van der Waals surface area contributed by atoms with Crippen molar-refractivity contribution in [1.29, 1.82) is 0 Å². The van der Waals surface area contributed by atoms with Crippen molar-refractivity contribution in [2.24, 2.45) is 34.5 Å². The van der Waals surface area contributed by atoms with Crippen molar-refractivity contribution in [3.63, 3.8) is 0 Å². The van der Waals surface area contributed by atoms with Crippen molar-refractivity contribution < 1.29 is 14.6 Å². The van der Waals surface area contributed by atoms with Crippen LogP contribution >= 0.6 is 0 Å². The molecule has 1 aliphatic heterocycles. The summed E-state index contributed by atoms with van der Waals surface area (Å²) in [6.45, 7) is 5.29. The molecule has 0 amide bonds. The molecule has 3 heteroatoms. The third-order valence-electron chi connectivity index (χ3n) is 9.72. The Labute approximate surface area is 157 Å². The van der Waals surface area contributed by atoms with E-state index in [1.165, 1.54) is 38.5 Å². The number of aliphatic hydroxyl groups is 1. The Kier molecular flexibility index (Phi) is 3.72. The lowest BCUT2D eigenvalue weighted by molar-refractivity contribution is -0.202. The van der Waals surface area contributed by atoms with Gasteiger partial charge >= 0.3 is 5.97 Å². The van der Waals surface area contributed by atoms with Crippen molar-refractivity contribution >= 4 is 5.97 Å². The highest BCUT2D eigenvalue weighted by molar-refractivity contribution is 5.85. The molecule has 0 aromatic carbocycles. The van der Waals surface area contributed by atoms with Gasteiger partial charge in [-0.05, 0) is 98.9 Å². The van der Waals surface area contributed by atoms with Crippen molar-refractivity contribution in [3.05, 3.63) is 18.1 Å². The normalized spacial score (nSPS) is 53.3. The van der Waals surface area contributed by atoms with Crippen LogP contribution in [0.2, 0.25) is 0 Å². The summed E-state index contributed by atoms with van der Waals surface area (Å²) in [4.78, 5) is 11.6. The lowest BCUT2D eigenvalue weighted by Gasteiger charge is -2.63. The molecule has 0 spiro atoms. The van der Waals surface area contributed by atoms with Crippen LogP contribution in [0.25, 0.3) is 0 Å². The van der Waals surface area contributed by atoms with Crippen molar-refractivity contribution in [2.75, 3.05) is 6.61 Å². The minimum Gasteiger partial charge on any atom is -0.458 e. The standard InChI is InChI=1S/C23H33O3/c1-21-10-4-3-5-16(21)6-7-19-18(21)8-11-22(2)17(9-12-23(19,22)25)15-13-20(24)26-14-15/h3,13,16-19,25H,4-12,14H2,1-2H3/t16-,17-,18+,19-,21+,22-,23+/m1/s1. The number of carbonyl (C=O) groups is 1. The maximum atomic E-state index is 12.1. The highest BCUT2D eigenvalue weighted by Gasteiger charge is 2.67. The molecule has 143 valence electrons. The molecule has 4 fully saturated rings. The first-order valence-electron chi connectivity index (χ1n) is 10.8. The topological polar surface area (TPSA) is 46.5 Å². The summed E-state index contributed by atoms with van der Waals surface area (Å²) < 4.78 is 5.21. The maximum absolute atomic E-state index is 12.1. The van der Waals surface area contributed by atoms with Gasteiger partial charge in [0.2, 0.25) is 0 Å². The number of hydrogen-bond acceptors (Lipinski definition) is 3. The Hall–Kier alpha value is -0.830. The number of hydrogen-bond donors (Lipinski definition) is 1. The van der Waals surface area contributed by atoms with Gasteiger partial charge in [-0.15, -0.1) is 0 Å². The van der Waals surface area contributed by atoms with Crippen LogP contribution in [-0.2, 0) is 9.53 Å². The summed E-state index contributed by atoms with van der Waals surface area (Å²) in [5.41, 5.74) is 0.887. The quantitative estimate of drug-likeness (QED) is 0.705. The van der Waals surface area contributed by atoms with Crippen molar-refractivity contribution in [3.8, 4) is 0 Å². The van der Waals surface area contributed by atoms with Crippen LogP contribution in [0.15, 0.2) is 11.6 Å². The maximum Gasteiger partial charge on any atom is 0.331 e. The van der Waals surface area contributed by atoms with Gasteiger partial charge in [-0.2, -0.15) is 0 Å². The summed E-state index contributed by atoms with van der Waals surface area (Å²) in [5.74, 6) is 2.04. The monoisotopic (exact) mass is 357 g/mol. The lowest BCUT2D eigenvalue weighted by Crippen LogP contribution is -2.61. The second kappa shape index (κ2) is 5.59. The highest BCUT2D eigenvalue weighted by Crippen LogP contribution is 2.69. The fraction of sp³-hybridized carbons (Fsp3) is 0.826. The molecule has 0 aromatic rings. The van der Waals surface area contributed by atoms with E-state index < -0.39 is 5.60 Å². The number of cyclic esters (lactones) is 1. The van der Waals surface area contributed by atoms with E-state index >= 15 is 0 Å². The minimum atomic E-state index is -0.567. The first kappa shape index (κ1) is 17.3. The van der Waals surface area contributed by atoms with Crippen LogP contribution < -0.4 is 0 Å². The molecular weight excluding hydrogens is 324 g/mol. The Bertz CT molecular complexity index is 654. The van der Waals surface area contributed by atoms with E-state index in [0.29, 0.717) is 29.8 Å². The van der Waals surface area contributed by atoms with Crippen LogP contribution in [0.3, 0.4) is 0 Å². The molecule has 7 atom stereocenters. The Morgan fingerprint density at radius 1 is 1.08 bits per heavy atom. The van der Waals surface area contributed by atoms with Gasteiger partial charge in [0, 0.05) is 11.5 Å². The predicted molar refractivity (Wildman–Crippen MR) is 100 cm³/mol. The number of carbonyl (C=O) groups excluding carboxylic acids is 1. The van der Waals surface area contributed by atoms with E-state index in [4.69, 9.17) is 4.74 Å². The molecule has 4 saturated carbocycles. The van der Waals surface area contributed by atoms with Crippen LogP contribution in [0.5, 0.6) is 0 Å². The zero-order chi connectivity index (χ0) is 18.2. The van der Waals surface area contributed by atoms with Gasteiger partial charge in [-0.25, -0.2) is 4.79 Å². The first-order valence-corrected chi connectivity index (χ1v) is 10.8. The van der Waals surface area contributed by atoms with E-state index in [9.17, 15) is 9.90 Å². The van der Waals surface area contributed by atoms with Crippen molar-refractivity contribution in [2.45, 2.75) is 77.2 Å². The smallest absolute Gasteiger partial charge is 0.331 e. The number of fused-ring (bicyclic) bond motifs is 5. The summed E-state index contributed by atoms with van der Waals surface area (Å²) in [6.07, 6.45) is 14.8. The molecule has 1 N–H and O–H groups in total. The molecule has 26 heavy (non-hydrogen) atoms. The van der Waals surface area contributed by atoms with Crippen LogP contribution in [0.4, 0.5) is 0 Å². The lowest BCUT2D eigenvalue weighted by atomic mass is 9.43. The summed E-state index contributed by atoms with van der Waals surface area (Å²) in [6, 6.07) is 0. The molecule has 3 nitrogen and oxygen atoms in total. The van der Waals surface area contributed by atoms with Gasteiger partial charge in [0.05, 0.1) is 5.60 Å². The molecule has 0 unspecified atom stereocenters. The fourth-order valence-electron chi connectivity index (χ4n) is 8.20. The van der Waals surface area contributed by atoms with E-state index in [-0.39, 0.29) is 11.4 Å². The molecule has 0 saturated heterocycles. The number of esters is 1. The predicted octanol–water partition coefficient (Wildman–Crippen LogP) is 4.45. The van der Waals surface area contributed by atoms with E-state index in [1.54, 1.807) is 6.08 Å². The third kappa shape index (κ3) is 2.07. The molecule has 1 radical (unpaired) electrons. The first-order chi connectivity index (χ1) is 12.4. The summed E-state index contributed by atoms with van der Waals surface area (Å²) in [5, 5.41) is 12.1. The Morgan fingerprint density at radius 3 is 2.69 bits per heavy atom.